The zero-order chi connectivity index (χ0) is 20.5. The summed E-state index contributed by atoms with van der Waals surface area (Å²) in [4.78, 5) is 27.4. The Balaban J connectivity index is 2.28. The van der Waals surface area contributed by atoms with Gasteiger partial charge in [0, 0.05) is 38.4 Å². The molecule has 3 N–H and O–H groups in total. The lowest BCUT2D eigenvalue weighted by Crippen LogP contribution is -2.34. The Morgan fingerprint density at radius 1 is 1.43 bits per heavy atom. The maximum atomic E-state index is 12.8. The molecule has 1 aliphatic rings. The summed E-state index contributed by atoms with van der Waals surface area (Å²) in [6, 6.07) is 1.65. The first-order valence-corrected chi connectivity index (χ1v) is 10.3. The van der Waals surface area contributed by atoms with Crippen LogP contribution in [0.2, 0.25) is 0 Å². The number of aromatic nitrogens is 1. The minimum atomic E-state index is -1.45. The van der Waals surface area contributed by atoms with E-state index in [1.54, 1.807) is 19.3 Å². The highest BCUT2D eigenvalue weighted by Crippen LogP contribution is 2.27. The smallest absolute Gasteiger partial charge is 0.273 e. The highest BCUT2D eigenvalue weighted by atomic mass is 32.2. The Kier molecular flexibility index (Phi) is 8.71. The van der Waals surface area contributed by atoms with Gasteiger partial charge in [0.05, 0.1) is 29.5 Å². The van der Waals surface area contributed by atoms with Crippen LogP contribution >= 0.6 is 0 Å². The number of nitrogens with one attached hydrogen (secondary N) is 1. The van der Waals surface area contributed by atoms with Gasteiger partial charge in [0.15, 0.2) is 0 Å². The van der Waals surface area contributed by atoms with Crippen molar-refractivity contribution in [2.24, 2.45) is 10.7 Å². The van der Waals surface area contributed by atoms with Crippen molar-refractivity contribution in [3.63, 3.8) is 0 Å². The van der Waals surface area contributed by atoms with E-state index in [-0.39, 0.29) is 18.2 Å². The number of hydroxylamine groups is 2. The van der Waals surface area contributed by atoms with Crippen LogP contribution in [-0.4, -0.2) is 59.4 Å². The summed E-state index contributed by atoms with van der Waals surface area (Å²) in [5.74, 6) is 0.0220. The maximum Gasteiger partial charge on any atom is 0.273 e. The van der Waals surface area contributed by atoms with Gasteiger partial charge < -0.3 is 10.5 Å². The third-order valence-electron chi connectivity index (χ3n) is 3.79. The van der Waals surface area contributed by atoms with Gasteiger partial charge in [-0.05, 0) is 25.5 Å². The van der Waals surface area contributed by atoms with Gasteiger partial charge in [-0.15, -0.1) is 0 Å². The Labute approximate surface area is 167 Å². The second kappa shape index (κ2) is 11.0. The van der Waals surface area contributed by atoms with E-state index in [1.807, 2.05) is 13.8 Å². The molecule has 9 nitrogen and oxygen atoms in total. The molecule has 1 amide bonds. The van der Waals surface area contributed by atoms with Gasteiger partial charge in [-0.25, -0.2) is 19.0 Å². The number of pyridine rings is 1. The first-order chi connectivity index (χ1) is 13.5. The van der Waals surface area contributed by atoms with Gasteiger partial charge in [-0.1, -0.05) is 6.92 Å². The molecule has 0 fully saturated rings. The van der Waals surface area contributed by atoms with Crippen molar-refractivity contribution in [1.82, 2.24) is 14.8 Å². The molecule has 0 saturated carbocycles. The monoisotopic (exact) mass is 409 g/mol. The molecular weight excluding hydrogens is 382 g/mol. The normalized spacial score (nSPS) is 14.5. The van der Waals surface area contributed by atoms with Crippen molar-refractivity contribution < 1.29 is 18.6 Å². The third-order valence-corrected chi connectivity index (χ3v) is 4.90. The molecule has 0 bridgehead atoms. The minimum Gasteiger partial charge on any atom is -0.387 e. The van der Waals surface area contributed by atoms with E-state index >= 15 is 0 Å². The average Bonchev–Trinajstić information content (AvgIpc) is 2.84. The lowest BCUT2D eigenvalue weighted by Gasteiger charge is -2.21. The highest BCUT2D eigenvalue weighted by molar-refractivity contribution is 7.83. The second-order valence-corrected chi connectivity index (χ2v) is 7.30. The number of ether oxygens (including phenoxy) is 1. The number of amides is 1. The minimum absolute atomic E-state index is 0.187. The van der Waals surface area contributed by atoms with Crippen molar-refractivity contribution in [3.05, 3.63) is 23.5 Å². The highest BCUT2D eigenvalue weighted by Gasteiger charge is 2.22. The molecular formula is C18H27N5O4S. The second-order valence-electron chi connectivity index (χ2n) is 6.01. The van der Waals surface area contributed by atoms with E-state index in [0.717, 1.165) is 6.42 Å². The quantitative estimate of drug-likeness (QED) is 0.444. The first-order valence-electron chi connectivity index (χ1n) is 9.12. The number of nitrogens with two attached hydrogens (primary N) is 1. The zero-order valence-electron chi connectivity index (χ0n) is 16.4. The van der Waals surface area contributed by atoms with Gasteiger partial charge in [0.2, 0.25) is 0 Å². The largest absolute Gasteiger partial charge is 0.387 e. The lowest BCUT2D eigenvalue weighted by atomic mass is 10.1. The summed E-state index contributed by atoms with van der Waals surface area (Å²) in [5, 5.41) is 1.34. The third kappa shape index (κ3) is 5.93. The Hall–Kier alpha value is -2.14. The summed E-state index contributed by atoms with van der Waals surface area (Å²) in [6.45, 7) is 5.55. The fourth-order valence-corrected chi connectivity index (χ4v) is 3.36. The molecule has 154 valence electrons. The van der Waals surface area contributed by atoms with Gasteiger partial charge >= 0.3 is 0 Å². The SMILES string of the molecule is CCCN(OCC)C(=O)C1=Cc2ncc(S(=O)NCCOC)cc2N=C(N)C1. The fourth-order valence-electron chi connectivity index (χ4n) is 2.55. The molecule has 2 heterocycles. The van der Waals surface area contributed by atoms with Crippen LogP contribution in [0, 0.1) is 0 Å². The van der Waals surface area contributed by atoms with E-state index in [2.05, 4.69) is 14.7 Å². The molecule has 28 heavy (non-hydrogen) atoms. The number of amidine groups is 1. The molecule has 2 rings (SSSR count). The Morgan fingerprint density at radius 2 is 2.21 bits per heavy atom. The van der Waals surface area contributed by atoms with Crippen LogP contribution in [0.15, 0.2) is 27.7 Å². The van der Waals surface area contributed by atoms with E-state index in [1.165, 1.54) is 11.3 Å². The number of hydrogen-bond donors (Lipinski definition) is 2. The van der Waals surface area contributed by atoms with E-state index in [0.29, 0.717) is 48.2 Å². The van der Waals surface area contributed by atoms with Gasteiger partial charge in [0.25, 0.3) is 5.91 Å². The topological polar surface area (TPSA) is 119 Å². The predicted octanol–water partition coefficient (Wildman–Crippen LogP) is 1.31. The number of fused-ring (bicyclic) bond motifs is 1. The summed E-state index contributed by atoms with van der Waals surface area (Å²) in [6.07, 6.45) is 4.11. The van der Waals surface area contributed by atoms with Crippen molar-refractivity contribution >= 4 is 34.5 Å². The molecule has 0 saturated heterocycles. The van der Waals surface area contributed by atoms with Crippen LogP contribution in [0.25, 0.3) is 6.08 Å². The van der Waals surface area contributed by atoms with Crippen molar-refractivity contribution in [2.75, 3.05) is 33.4 Å². The van der Waals surface area contributed by atoms with Crippen LogP contribution in [0.4, 0.5) is 5.69 Å². The van der Waals surface area contributed by atoms with Gasteiger partial charge in [-0.2, -0.15) is 0 Å². The Morgan fingerprint density at radius 3 is 2.89 bits per heavy atom. The summed E-state index contributed by atoms with van der Waals surface area (Å²) >= 11 is 0. The number of carbonyl (C=O) groups excluding carboxylic acids is 1. The Bertz CT molecular complexity index is 775. The van der Waals surface area contributed by atoms with Crippen LogP contribution in [-0.2, 0) is 25.4 Å². The van der Waals surface area contributed by atoms with Gasteiger partial charge in [0.1, 0.15) is 16.8 Å². The molecule has 0 aliphatic carbocycles. The number of aliphatic imine (C=N–C) groups is 1. The first kappa shape index (κ1) is 22.2. The fraction of sp³-hybridized carbons (Fsp3) is 0.500. The van der Waals surface area contributed by atoms with Crippen LogP contribution in [0.1, 0.15) is 32.4 Å². The zero-order valence-corrected chi connectivity index (χ0v) is 17.3. The number of rotatable bonds is 10. The molecule has 0 spiro atoms. The molecule has 1 unspecified atom stereocenters. The molecule has 0 radical (unpaired) electrons. The summed E-state index contributed by atoms with van der Waals surface area (Å²) in [7, 11) is 0.125. The van der Waals surface area contributed by atoms with E-state index in [9.17, 15) is 9.00 Å². The van der Waals surface area contributed by atoms with Crippen molar-refractivity contribution in [3.8, 4) is 0 Å². The molecule has 1 aromatic heterocycles. The number of carbonyl (C=O) groups is 1. The number of nitrogens with zero attached hydrogens (tertiary/aromatic N) is 3. The van der Waals surface area contributed by atoms with Crippen LogP contribution < -0.4 is 10.5 Å². The molecule has 1 aromatic rings. The average molecular weight is 410 g/mol. The standard InChI is InChI=1S/C18H27N5O4S/c1-4-7-23(27-5-2)18(24)13-9-15-16(22-17(19)10-13)11-14(12-20-15)28(25)21-6-8-26-3/h9,11-12,21H,4-8,10H2,1-3H3,(H2,19,22). The number of hydrogen-bond acceptors (Lipinski definition) is 7. The van der Waals surface area contributed by atoms with Gasteiger partial charge in [-0.3, -0.25) is 14.6 Å². The predicted molar refractivity (Wildman–Crippen MR) is 108 cm³/mol. The van der Waals surface area contributed by atoms with E-state index in [4.69, 9.17) is 15.3 Å². The van der Waals surface area contributed by atoms with Crippen LogP contribution in [0.5, 0.6) is 0 Å². The number of methoxy groups -OCH3 is 1. The van der Waals surface area contributed by atoms with Crippen molar-refractivity contribution in [2.45, 2.75) is 31.6 Å². The van der Waals surface area contributed by atoms with E-state index < -0.39 is 11.0 Å². The summed E-state index contributed by atoms with van der Waals surface area (Å²) in [5.41, 5.74) is 7.42. The summed E-state index contributed by atoms with van der Waals surface area (Å²) < 4.78 is 20.1. The molecule has 10 heteroatoms. The lowest BCUT2D eigenvalue weighted by molar-refractivity contribution is -0.180. The molecule has 0 aromatic carbocycles. The molecule has 1 atom stereocenters. The van der Waals surface area contributed by atoms with Crippen LogP contribution in [0.3, 0.4) is 0 Å². The van der Waals surface area contributed by atoms with Crippen molar-refractivity contribution in [1.29, 1.82) is 0 Å². The molecule has 1 aliphatic heterocycles. The maximum absolute atomic E-state index is 12.8.